The summed E-state index contributed by atoms with van der Waals surface area (Å²) in [6.45, 7) is 3.75. The van der Waals surface area contributed by atoms with Gasteiger partial charge in [0.1, 0.15) is 0 Å². The van der Waals surface area contributed by atoms with Crippen molar-refractivity contribution in [2.45, 2.75) is 38.6 Å². The molecule has 30 heavy (non-hydrogen) atoms. The first-order valence-corrected chi connectivity index (χ1v) is 12.0. The summed E-state index contributed by atoms with van der Waals surface area (Å²) in [6.07, 6.45) is 3.67. The molecule has 1 aliphatic carbocycles. The van der Waals surface area contributed by atoms with E-state index in [4.69, 9.17) is 0 Å². The molecule has 0 radical (unpaired) electrons. The second-order valence-corrected chi connectivity index (χ2v) is 9.99. The molecule has 0 heterocycles. The van der Waals surface area contributed by atoms with Gasteiger partial charge in [-0.25, -0.2) is 8.42 Å². The highest BCUT2D eigenvalue weighted by Crippen LogP contribution is 2.40. The topological polar surface area (TPSA) is 75.3 Å². The zero-order valence-electron chi connectivity index (χ0n) is 17.4. The lowest BCUT2D eigenvalue weighted by atomic mass is 10.0. The predicted molar refractivity (Wildman–Crippen MR) is 121 cm³/mol. The number of aryl methyl sites for hydroxylation is 1. The number of hydrogen-bond acceptors (Lipinski definition) is 3. The van der Waals surface area contributed by atoms with Gasteiger partial charge in [-0.1, -0.05) is 36.4 Å². The molecule has 5 nitrogen and oxygen atoms in total. The van der Waals surface area contributed by atoms with Crippen LogP contribution < -0.4 is 10.0 Å². The van der Waals surface area contributed by atoms with Crippen LogP contribution in [0.2, 0.25) is 0 Å². The van der Waals surface area contributed by atoms with Crippen molar-refractivity contribution in [2.24, 2.45) is 0 Å². The first kappa shape index (κ1) is 20.4. The molecule has 1 aliphatic rings. The zero-order chi connectivity index (χ0) is 21.5. The Kier molecular flexibility index (Phi) is 5.28. The van der Waals surface area contributed by atoms with E-state index in [9.17, 15) is 13.2 Å². The van der Waals surface area contributed by atoms with Crippen LogP contribution in [0.4, 0.5) is 5.69 Å². The highest BCUT2D eigenvalue weighted by atomic mass is 32.2. The SMILES string of the molecule is Cc1cc([C@@H](C)NC(=O)c2ccc3cc(C4CC4)ccc3c2)ccc1NS(C)(=O)=O. The van der Waals surface area contributed by atoms with Gasteiger partial charge in [0.25, 0.3) is 5.91 Å². The number of hydrogen-bond donors (Lipinski definition) is 2. The Balaban J connectivity index is 1.49. The fraction of sp³-hybridized carbons (Fsp3) is 0.292. The van der Waals surface area contributed by atoms with E-state index in [1.807, 2.05) is 44.2 Å². The van der Waals surface area contributed by atoms with Crippen LogP contribution in [-0.2, 0) is 10.0 Å². The molecule has 0 aliphatic heterocycles. The Hall–Kier alpha value is -2.86. The lowest BCUT2D eigenvalue weighted by Gasteiger charge is -2.17. The molecule has 1 amide bonds. The lowest BCUT2D eigenvalue weighted by Crippen LogP contribution is -2.26. The third-order valence-electron chi connectivity index (χ3n) is 5.57. The summed E-state index contributed by atoms with van der Waals surface area (Å²) in [4.78, 5) is 12.8. The average molecular weight is 423 g/mol. The average Bonchev–Trinajstić information content (AvgIpc) is 3.53. The Bertz CT molecular complexity index is 1230. The van der Waals surface area contributed by atoms with Gasteiger partial charge in [0, 0.05) is 5.56 Å². The molecular weight excluding hydrogens is 396 g/mol. The van der Waals surface area contributed by atoms with Crippen LogP contribution in [0.25, 0.3) is 10.8 Å². The van der Waals surface area contributed by atoms with E-state index in [1.54, 1.807) is 6.07 Å². The van der Waals surface area contributed by atoms with Gasteiger partial charge < -0.3 is 5.32 Å². The molecule has 4 rings (SSSR count). The minimum absolute atomic E-state index is 0.133. The van der Waals surface area contributed by atoms with Gasteiger partial charge in [-0.3, -0.25) is 9.52 Å². The third kappa shape index (κ3) is 4.65. The molecule has 3 aromatic rings. The maximum absolute atomic E-state index is 12.8. The van der Waals surface area contributed by atoms with E-state index >= 15 is 0 Å². The third-order valence-corrected chi connectivity index (χ3v) is 6.16. The monoisotopic (exact) mass is 422 g/mol. The molecule has 2 N–H and O–H groups in total. The summed E-state index contributed by atoms with van der Waals surface area (Å²) in [5.74, 6) is 0.576. The summed E-state index contributed by atoms with van der Waals surface area (Å²) in [5.41, 5.74) is 4.27. The number of rotatable bonds is 6. The smallest absolute Gasteiger partial charge is 0.251 e. The van der Waals surface area contributed by atoms with Gasteiger partial charge in [0.15, 0.2) is 0 Å². The van der Waals surface area contributed by atoms with E-state index in [-0.39, 0.29) is 11.9 Å². The Morgan fingerprint density at radius 2 is 1.70 bits per heavy atom. The molecule has 0 saturated heterocycles. The van der Waals surface area contributed by atoms with Crippen LogP contribution in [-0.4, -0.2) is 20.6 Å². The van der Waals surface area contributed by atoms with Gasteiger partial charge in [-0.15, -0.1) is 0 Å². The van der Waals surface area contributed by atoms with Crippen molar-refractivity contribution < 1.29 is 13.2 Å². The van der Waals surface area contributed by atoms with Gasteiger partial charge in [0.2, 0.25) is 10.0 Å². The molecule has 1 fully saturated rings. The number of anilines is 1. The van der Waals surface area contributed by atoms with Crippen LogP contribution in [0.3, 0.4) is 0 Å². The Morgan fingerprint density at radius 1 is 1.00 bits per heavy atom. The van der Waals surface area contributed by atoms with Crippen molar-refractivity contribution >= 4 is 32.4 Å². The molecule has 0 bridgehead atoms. The second kappa shape index (κ2) is 7.76. The fourth-order valence-corrected chi connectivity index (χ4v) is 4.34. The van der Waals surface area contributed by atoms with Gasteiger partial charge in [0.05, 0.1) is 18.0 Å². The number of nitrogens with one attached hydrogen (secondary N) is 2. The summed E-state index contributed by atoms with van der Waals surface area (Å²) >= 11 is 0. The molecule has 3 aromatic carbocycles. The number of sulfonamides is 1. The first-order chi connectivity index (χ1) is 14.2. The van der Waals surface area contributed by atoms with E-state index < -0.39 is 10.0 Å². The van der Waals surface area contributed by atoms with E-state index in [0.717, 1.165) is 28.2 Å². The largest absolute Gasteiger partial charge is 0.346 e. The van der Waals surface area contributed by atoms with Crippen molar-refractivity contribution in [3.8, 4) is 0 Å². The van der Waals surface area contributed by atoms with E-state index in [1.165, 1.54) is 18.4 Å². The summed E-state index contributed by atoms with van der Waals surface area (Å²) < 4.78 is 25.4. The lowest BCUT2D eigenvalue weighted by molar-refractivity contribution is 0.0940. The van der Waals surface area contributed by atoms with Gasteiger partial charge in [-0.05, 0) is 78.3 Å². The maximum Gasteiger partial charge on any atom is 0.251 e. The molecule has 0 aromatic heterocycles. The normalized spacial score (nSPS) is 15.0. The summed E-state index contributed by atoms with van der Waals surface area (Å²) in [7, 11) is -3.33. The van der Waals surface area contributed by atoms with Crippen molar-refractivity contribution in [3.63, 3.8) is 0 Å². The van der Waals surface area contributed by atoms with Gasteiger partial charge >= 0.3 is 0 Å². The number of amides is 1. The minimum atomic E-state index is -3.33. The fourth-order valence-electron chi connectivity index (χ4n) is 3.71. The number of benzene rings is 3. The molecule has 6 heteroatoms. The van der Waals surface area contributed by atoms with Crippen molar-refractivity contribution in [2.75, 3.05) is 11.0 Å². The predicted octanol–water partition coefficient (Wildman–Crippen LogP) is 4.89. The summed E-state index contributed by atoms with van der Waals surface area (Å²) in [6, 6.07) is 17.5. The Morgan fingerprint density at radius 3 is 2.37 bits per heavy atom. The highest BCUT2D eigenvalue weighted by molar-refractivity contribution is 7.92. The quantitative estimate of drug-likeness (QED) is 0.594. The number of carbonyl (C=O) groups excluding carboxylic acids is 1. The second-order valence-electron chi connectivity index (χ2n) is 8.24. The summed E-state index contributed by atoms with van der Waals surface area (Å²) in [5, 5.41) is 5.26. The number of fused-ring (bicyclic) bond motifs is 1. The van der Waals surface area contributed by atoms with Crippen LogP contribution in [0.5, 0.6) is 0 Å². The molecule has 1 atom stereocenters. The van der Waals surface area contributed by atoms with E-state index in [2.05, 4.69) is 28.2 Å². The highest BCUT2D eigenvalue weighted by Gasteiger charge is 2.23. The van der Waals surface area contributed by atoms with Crippen molar-refractivity contribution in [1.29, 1.82) is 0 Å². The van der Waals surface area contributed by atoms with Crippen molar-refractivity contribution in [3.05, 3.63) is 76.9 Å². The van der Waals surface area contributed by atoms with Crippen LogP contribution >= 0.6 is 0 Å². The van der Waals surface area contributed by atoms with Crippen molar-refractivity contribution in [1.82, 2.24) is 5.32 Å². The van der Waals surface area contributed by atoms with Crippen LogP contribution in [0.1, 0.15) is 58.8 Å². The van der Waals surface area contributed by atoms with E-state index in [0.29, 0.717) is 17.2 Å². The minimum Gasteiger partial charge on any atom is -0.346 e. The van der Waals surface area contributed by atoms with Gasteiger partial charge in [-0.2, -0.15) is 0 Å². The first-order valence-electron chi connectivity index (χ1n) is 10.1. The van der Waals surface area contributed by atoms with Crippen LogP contribution in [0, 0.1) is 6.92 Å². The molecule has 1 saturated carbocycles. The standard InChI is InChI=1S/C24H26N2O3S/c1-15-12-18(10-11-23(15)26-30(3,28)29)16(2)25-24(27)22-9-8-20-13-19(17-4-5-17)6-7-21(20)14-22/h6-14,16-17,26H,4-5H2,1-3H3,(H,25,27)/t16-/m1/s1. The molecule has 0 unspecified atom stereocenters. The molecular formula is C24H26N2O3S. The molecule has 156 valence electrons. The Labute approximate surface area is 177 Å². The maximum atomic E-state index is 12.8. The zero-order valence-corrected chi connectivity index (χ0v) is 18.2. The van der Waals surface area contributed by atoms with Crippen LogP contribution in [0.15, 0.2) is 54.6 Å². The number of carbonyl (C=O) groups is 1. The molecule has 0 spiro atoms.